The summed E-state index contributed by atoms with van der Waals surface area (Å²) in [5.74, 6) is 1.72. The lowest BCUT2D eigenvalue weighted by atomic mass is 9.94. The molecule has 0 spiro atoms. The van der Waals surface area contributed by atoms with Gasteiger partial charge in [-0.1, -0.05) is 0 Å². The molecule has 2 saturated heterocycles. The summed E-state index contributed by atoms with van der Waals surface area (Å²) in [5.41, 5.74) is 1.13. The lowest BCUT2D eigenvalue weighted by Gasteiger charge is -2.31. The first-order valence-corrected chi connectivity index (χ1v) is 8.61. The van der Waals surface area contributed by atoms with Crippen molar-refractivity contribution in [1.29, 1.82) is 0 Å². The van der Waals surface area contributed by atoms with Crippen molar-refractivity contribution in [2.45, 2.75) is 18.8 Å². The quantitative estimate of drug-likeness (QED) is 0.765. The van der Waals surface area contributed by atoms with Crippen LogP contribution < -0.4 is 10.2 Å². The van der Waals surface area contributed by atoms with Crippen molar-refractivity contribution in [1.82, 2.24) is 30.4 Å². The topological polar surface area (TPSA) is 92.9 Å². The van der Waals surface area contributed by atoms with E-state index in [4.69, 9.17) is 0 Å². The van der Waals surface area contributed by atoms with E-state index in [1.54, 1.807) is 12.4 Å². The number of amides is 1. The molecule has 24 heavy (non-hydrogen) atoms. The largest absolute Gasteiger partial charge is 0.353 e. The summed E-state index contributed by atoms with van der Waals surface area (Å²) < 4.78 is 0. The summed E-state index contributed by atoms with van der Waals surface area (Å²) in [5, 5.41) is 11.0. The fourth-order valence-electron chi connectivity index (χ4n) is 3.54. The second-order valence-electron chi connectivity index (χ2n) is 6.45. The molecular formula is C16H23N7O. The molecule has 8 heteroatoms. The number of carbonyl (C=O) groups excluding carboxylic acids is 1. The number of piperazine rings is 1. The summed E-state index contributed by atoms with van der Waals surface area (Å²) in [7, 11) is 0. The number of piperidine rings is 1. The zero-order valence-electron chi connectivity index (χ0n) is 13.7. The van der Waals surface area contributed by atoms with E-state index in [9.17, 15) is 4.79 Å². The molecule has 2 fully saturated rings. The third kappa shape index (κ3) is 3.01. The van der Waals surface area contributed by atoms with Crippen LogP contribution in [0.25, 0.3) is 0 Å². The van der Waals surface area contributed by atoms with Crippen molar-refractivity contribution in [2.75, 3.05) is 44.2 Å². The summed E-state index contributed by atoms with van der Waals surface area (Å²) in [6.07, 6.45) is 5.37. The van der Waals surface area contributed by atoms with Crippen LogP contribution in [0, 0.1) is 0 Å². The molecule has 2 aromatic heterocycles. The Bertz CT molecular complexity index is 674. The number of likely N-dealkylation sites (tertiary alicyclic amines) is 1. The van der Waals surface area contributed by atoms with E-state index in [2.05, 4.69) is 36.4 Å². The van der Waals surface area contributed by atoms with E-state index in [-0.39, 0.29) is 5.91 Å². The molecule has 0 radical (unpaired) electrons. The summed E-state index contributed by atoms with van der Waals surface area (Å²) in [6.45, 7) is 5.46. The average Bonchev–Trinajstić information content (AvgIpc) is 3.34. The number of H-pyrrole nitrogens is 2. The van der Waals surface area contributed by atoms with Gasteiger partial charge in [0.25, 0.3) is 5.91 Å². The molecule has 2 aromatic rings. The number of hydrogen-bond acceptors (Lipinski definition) is 5. The van der Waals surface area contributed by atoms with Gasteiger partial charge in [-0.15, -0.1) is 0 Å². The SMILES string of the molecule is O=C(c1ncc[nH]1)N1CCCC(c2cc(N3CCNCC3)n[nH]2)C1. The third-order valence-corrected chi connectivity index (χ3v) is 4.87. The Morgan fingerprint density at radius 1 is 1.25 bits per heavy atom. The van der Waals surface area contributed by atoms with E-state index in [1.807, 2.05) is 4.90 Å². The molecule has 2 aliphatic rings. The van der Waals surface area contributed by atoms with Gasteiger partial charge in [0.05, 0.1) is 0 Å². The van der Waals surface area contributed by atoms with Crippen LogP contribution in [-0.4, -0.2) is 70.2 Å². The van der Waals surface area contributed by atoms with Crippen molar-refractivity contribution in [3.05, 3.63) is 30.0 Å². The smallest absolute Gasteiger partial charge is 0.289 e. The number of rotatable bonds is 3. The lowest BCUT2D eigenvalue weighted by molar-refractivity contribution is 0.0694. The van der Waals surface area contributed by atoms with Crippen LogP contribution in [0.15, 0.2) is 18.5 Å². The second kappa shape index (κ2) is 6.64. The van der Waals surface area contributed by atoms with Gasteiger partial charge in [0.2, 0.25) is 0 Å². The predicted molar refractivity (Wildman–Crippen MR) is 90.1 cm³/mol. The number of aromatic nitrogens is 4. The molecule has 1 atom stereocenters. The Kier molecular flexibility index (Phi) is 4.20. The minimum Gasteiger partial charge on any atom is -0.353 e. The maximum absolute atomic E-state index is 12.5. The molecule has 4 heterocycles. The number of nitrogens with one attached hydrogen (secondary N) is 3. The summed E-state index contributed by atoms with van der Waals surface area (Å²) in [6, 6.07) is 2.15. The van der Waals surface area contributed by atoms with Gasteiger partial charge < -0.3 is 20.1 Å². The van der Waals surface area contributed by atoms with Crippen molar-refractivity contribution in [3.8, 4) is 0 Å². The van der Waals surface area contributed by atoms with Crippen LogP contribution in [0.3, 0.4) is 0 Å². The number of hydrogen-bond donors (Lipinski definition) is 3. The summed E-state index contributed by atoms with van der Waals surface area (Å²) >= 11 is 0. The van der Waals surface area contributed by atoms with Crippen LogP contribution in [0.4, 0.5) is 5.82 Å². The molecule has 128 valence electrons. The molecule has 2 aliphatic heterocycles. The molecule has 4 rings (SSSR count). The molecule has 0 aliphatic carbocycles. The molecule has 1 amide bonds. The van der Waals surface area contributed by atoms with E-state index >= 15 is 0 Å². The number of nitrogens with zero attached hydrogens (tertiary/aromatic N) is 4. The first kappa shape index (κ1) is 15.2. The van der Waals surface area contributed by atoms with Crippen molar-refractivity contribution in [2.24, 2.45) is 0 Å². The van der Waals surface area contributed by atoms with Crippen molar-refractivity contribution >= 4 is 11.7 Å². The molecule has 0 saturated carbocycles. The number of imidazole rings is 1. The number of anilines is 1. The highest BCUT2D eigenvalue weighted by Crippen LogP contribution is 2.28. The Labute approximate surface area is 140 Å². The lowest BCUT2D eigenvalue weighted by Crippen LogP contribution is -2.43. The Morgan fingerprint density at radius 3 is 2.92 bits per heavy atom. The zero-order chi connectivity index (χ0) is 16.4. The Balaban J connectivity index is 1.44. The van der Waals surface area contributed by atoms with Gasteiger partial charge in [-0.3, -0.25) is 9.89 Å². The number of carbonyl (C=O) groups is 1. The maximum atomic E-state index is 12.5. The minimum absolute atomic E-state index is 0.0217. The van der Waals surface area contributed by atoms with Crippen LogP contribution in [0.5, 0.6) is 0 Å². The highest BCUT2D eigenvalue weighted by atomic mass is 16.2. The van der Waals surface area contributed by atoms with Gasteiger partial charge >= 0.3 is 0 Å². The maximum Gasteiger partial charge on any atom is 0.289 e. The molecule has 0 aromatic carbocycles. The molecular weight excluding hydrogens is 306 g/mol. The van der Waals surface area contributed by atoms with E-state index in [0.717, 1.165) is 57.1 Å². The normalized spacial score (nSPS) is 21.9. The van der Waals surface area contributed by atoms with E-state index < -0.39 is 0 Å². The van der Waals surface area contributed by atoms with Gasteiger partial charge in [-0.05, 0) is 12.8 Å². The molecule has 1 unspecified atom stereocenters. The predicted octanol–water partition coefficient (Wildman–Crippen LogP) is 0.562. The first-order valence-electron chi connectivity index (χ1n) is 8.61. The Morgan fingerprint density at radius 2 is 2.12 bits per heavy atom. The van der Waals surface area contributed by atoms with Gasteiger partial charge in [-0.2, -0.15) is 5.10 Å². The van der Waals surface area contributed by atoms with E-state index in [0.29, 0.717) is 18.3 Å². The third-order valence-electron chi connectivity index (χ3n) is 4.87. The van der Waals surface area contributed by atoms with Gasteiger partial charge in [0, 0.05) is 69.3 Å². The van der Waals surface area contributed by atoms with E-state index in [1.165, 1.54) is 0 Å². The molecule has 3 N–H and O–H groups in total. The van der Waals surface area contributed by atoms with Gasteiger partial charge in [0.1, 0.15) is 0 Å². The highest BCUT2D eigenvalue weighted by molar-refractivity contribution is 5.90. The van der Waals surface area contributed by atoms with Crippen LogP contribution in [-0.2, 0) is 0 Å². The Hall–Kier alpha value is -2.35. The van der Waals surface area contributed by atoms with Crippen molar-refractivity contribution in [3.63, 3.8) is 0 Å². The second-order valence-corrected chi connectivity index (χ2v) is 6.45. The first-order chi connectivity index (χ1) is 11.8. The van der Waals surface area contributed by atoms with Crippen molar-refractivity contribution < 1.29 is 4.79 Å². The summed E-state index contributed by atoms with van der Waals surface area (Å²) in [4.78, 5) is 23.6. The highest BCUT2D eigenvalue weighted by Gasteiger charge is 2.28. The van der Waals surface area contributed by atoms with Gasteiger partial charge in [0.15, 0.2) is 11.6 Å². The van der Waals surface area contributed by atoms with Crippen LogP contribution in [0.2, 0.25) is 0 Å². The standard InChI is InChI=1S/C16H23N7O/c24-16(15-18-3-4-19-15)23-7-1-2-12(11-23)13-10-14(21-20-13)22-8-5-17-6-9-22/h3-4,10,12,17H,1-2,5-9,11H2,(H,18,19)(H,20,21). The molecule has 8 nitrogen and oxygen atoms in total. The molecule has 0 bridgehead atoms. The monoisotopic (exact) mass is 329 g/mol. The average molecular weight is 329 g/mol. The van der Waals surface area contributed by atoms with Gasteiger partial charge in [-0.25, -0.2) is 4.98 Å². The number of aromatic amines is 2. The van der Waals surface area contributed by atoms with Crippen LogP contribution >= 0.6 is 0 Å². The zero-order valence-corrected chi connectivity index (χ0v) is 13.7. The minimum atomic E-state index is -0.0217. The fourth-order valence-corrected chi connectivity index (χ4v) is 3.54. The van der Waals surface area contributed by atoms with Crippen LogP contribution in [0.1, 0.15) is 35.1 Å². The fraction of sp³-hybridized carbons (Fsp3) is 0.562.